The van der Waals surface area contributed by atoms with E-state index in [0.717, 1.165) is 103 Å². The Balaban J connectivity index is 5.25. The highest BCUT2D eigenvalue weighted by molar-refractivity contribution is 7.47. The first kappa shape index (κ1) is 75.2. The summed E-state index contributed by atoms with van der Waals surface area (Å²) in [5, 5.41) is 3.06. The number of hydrogen-bond acceptors (Lipinski definition) is 6. The van der Waals surface area contributed by atoms with Crippen LogP contribution in [-0.2, 0) is 27.9 Å². The molecular weight excluding hydrogens is 988 g/mol. The van der Waals surface area contributed by atoms with Crippen LogP contribution in [0, 0.1) is 0 Å². The predicted molar refractivity (Wildman–Crippen MR) is 337 cm³/mol. The maximum atomic E-state index is 13.6. The number of rotatable bonds is 58. The van der Waals surface area contributed by atoms with E-state index in [0.29, 0.717) is 23.9 Å². The summed E-state index contributed by atoms with van der Waals surface area (Å²) in [7, 11) is 1.48. The van der Waals surface area contributed by atoms with E-state index in [1.807, 2.05) is 33.3 Å². The maximum Gasteiger partial charge on any atom is 0.472 e. The van der Waals surface area contributed by atoms with Gasteiger partial charge in [-0.2, -0.15) is 0 Å². The molecule has 2 N–H and O–H groups in total. The molecule has 9 nitrogen and oxygen atoms in total. The molecule has 0 aliphatic carbocycles. The van der Waals surface area contributed by atoms with Crippen molar-refractivity contribution >= 4 is 19.7 Å². The Hall–Kier alpha value is -2.81. The number of allylic oxidation sites excluding steroid dienone is 13. The lowest BCUT2D eigenvalue weighted by atomic mass is 10.0. The molecule has 0 saturated carbocycles. The number of phosphoric ester groups is 1. The van der Waals surface area contributed by atoms with Gasteiger partial charge in [-0.25, -0.2) is 4.57 Å². The Kier molecular flexibility index (Phi) is 55.4. The van der Waals surface area contributed by atoms with Crippen molar-refractivity contribution in [2.24, 2.45) is 0 Å². The molecule has 0 saturated heterocycles. The largest absolute Gasteiger partial charge is 0.472 e. The van der Waals surface area contributed by atoms with Gasteiger partial charge in [0.05, 0.1) is 33.8 Å². The van der Waals surface area contributed by atoms with Crippen molar-refractivity contribution in [3.63, 3.8) is 0 Å². The van der Waals surface area contributed by atoms with Gasteiger partial charge in [-0.3, -0.25) is 18.6 Å². The van der Waals surface area contributed by atoms with Gasteiger partial charge in [-0.1, -0.05) is 254 Å². The maximum absolute atomic E-state index is 13.6. The summed E-state index contributed by atoms with van der Waals surface area (Å²) in [4.78, 5) is 37.8. The number of ether oxygens (including phenoxy) is 1. The van der Waals surface area contributed by atoms with Crippen LogP contribution in [0.2, 0.25) is 0 Å². The molecule has 452 valence electrons. The average molecular weight is 1110 g/mol. The van der Waals surface area contributed by atoms with Crippen LogP contribution in [-0.4, -0.2) is 74.3 Å². The summed E-state index contributed by atoms with van der Waals surface area (Å²) in [5.74, 6) is -0.527. The van der Waals surface area contributed by atoms with Gasteiger partial charge in [0.25, 0.3) is 0 Å². The van der Waals surface area contributed by atoms with E-state index in [1.165, 1.54) is 141 Å². The molecule has 10 heteroatoms. The first-order chi connectivity index (χ1) is 37.9. The quantitative estimate of drug-likeness (QED) is 0.0205. The molecule has 0 spiro atoms. The number of likely N-dealkylation sites (N-methyl/N-ethyl adjacent to an activating group) is 1. The molecule has 3 atom stereocenters. The fourth-order valence-corrected chi connectivity index (χ4v) is 9.82. The average Bonchev–Trinajstić information content (AvgIpc) is 3.40. The SMILES string of the molecule is CC/C=C\C/C=C\C/C=C\C/C=C\C/C=C\CCCCCCCC(=O)OC(/C=C/CCCCCCCCCCCC)C(COP(=O)(O)OCC[N+](C)(C)C)NC(=O)CCCCCCCCCCC/C=C/CCCCCCCC. The Bertz CT molecular complexity index is 1610. The number of esters is 1. The lowest BCUT2D eigenvalue weighted by molar-refractivity contribution is -0.870. The molecule has 1 amide bonds. The van der Waals surface area contributed by atoms with Crippen LogP contribution >= 0.6 is 7.82 Å². The molecule has 0 rings (SSSR count). The van der Waals surface area contributed by atoms with E-state index in [2.05, 4.69) is 99.0 Å². The first-order valence-corrected chi connectivity index (χ1v) is 33.9. The smallest absolute Gasteiger partial charge is 0.456 e. The van der Waals surface area contributed by atoms with Crippen molar-refractivity contribution in [2.45, 2.75) is 296 Å². The normalized spacial score (nSPS) is 14.2. The number of unbranched alkanes of at least 4 members (excludes halogenated alkanes) is 30. The van der Waals surface area contributed by atoms with Crippen LogP contribution in [0.15, 0.2) is 85.1 Å². The van der Waals surface area contributed by atoms with Crippen molar-refractivity contribution < 1.29 is 37.3 Å². The van der Waals surface area contributed by atoms with Gasteiger partial charge < -0.3 is 19.4 Å². The molecule has 0 heterocycles. The molecule has 3 unspecified atom stereocenters. The van der Waals surface area contributed by atoms with Crippen LogP contribution in [0.4, 0.5) is 0 Å². The van der Waals surface area contributed by atoms with Gasteiger partial charge >= 0.3 is 13.8 Å². The molecule has 0 aliphatic rings. The molecule has 0 aromatic rings. The predicted octanol–water partition coefficient (Wildman–Crippen LogP) is 20.2. The lowest BCUT2D eigenvalue weighted by Gasteiger charge is -2.27. The number of phosphoric acid groups is 1. The number of nitrogens with one attached hydrogen (secondary N) is 1. The molecular formula is C68H124N2O7P+. The van der Waals surface area contributed by atoms with Crippen LogP contribution in [0.3, 0.4) is 0 Å². The second kappa shape index (κ2) is 57.4. The zero-order chi connectivity index (χ0) is 57.2. The molecule has 78 heavy (non-hydrogen) atoms. The number of nitrogens with zero attached hydrogens (tertiary/aromatic N) is 1. The Morgan fingerprint density at radius 2 is 0.821 bits per heavy atom. The van der Waals surface area contributed by atoms with Crippen LogP contribution < -0.4 is 5.32 Å². The highest BCUT2D eigenvalue weighted by Crippen LogP contribution is 2.43. The van der Waals surface area contributed by atoms with E-state index in [9.17, 15) is 19.0 Å². The highest BCUT2D eigenvalue weighted by Gasteiger charge is 2.30. The van der Waals surface area contributed by atoms with E-state index in [-0.39, 0.29) is 31.5 Å². The van der Waals surface area contributed by atoms with E-state index in [4.69, 9.17) is 13.8 Å². The summed E-state index contributed by atoms with van der Waals surface area (Å²) in [6, 6.07) is -0.861. The molecule has 0 fully saturated rings. The fraction of sp³-hybridized carbons (Fsp3) is 0.765. The van der Waals surface area contributed by atoms with E-state index >= 15 is 0 Å². The minimum absolute atomic E-state index is 0.0336. The fourth-order valence-electron chi connectivity index (χ4n) is 9.08. The van der Waals surface area contributed by atoms with Crippen molar-refractivity contribution in [3.8, 4) is 0 Å². The van der Waals surface area contributed by atoms with Gasteiger partial charge in [0.2, 0.25) is 5.91 Å². The van der Waals surface area contributed by atoms with Gasteiger partial charge in [0.15, 0.2) is 0 Å². The van der Waals surface area contributed by atoms with Crippen molar-refractivity contribution in [1.82, 2.24) is 5.32 Å². The second-order valence-corrected chi connectivity index (χ2v) is 24.4. The number of quaternary nitrogens is 1. The van der Waals surface area contributed by atoms with Gasteiger partial charge in [0, 0.05) is 12.8 Å². The van der Waals surface area contributed by atoms with Gasteiger partial charge in [-0.05, 0) is 102 Å². The minimum atomic E-state index is -4.46. The van der Waals surface area contributed by atoms with Crippen LogP contribution in [0.5, 0.6) is 0 Å². The van der Waals surface area contributed by atoms with Crippen LogP contribution in [0.25, 0.3) is 0 Å². The third-order valence-electron chi connectivity index (χ3n) is 14.1. The number of carbonyl (C=O) groups excluding carboxylic acids is 2. The highest BCUT2D eigenvalue weighted by atomic mass is 31.2. The minimum Gasteiger partial charge on any atom is -0.456 e. The number of amides is 1. The van der Waals surface area contributed by atoms with Crippen LogP contribution in [0.1, 0.15) is 284 Å². The Labute approximate surface area is 482 Å². The van der Waals surface area contributed by atoms with E-state index in [1.54, 1.807) is 0 Å². The zero-order valence-electron chi connectivity index (χ0n) is 51.6. The molecule has 0 aliphatic heterocycles. The number of carbonyl (C=O) groups is 2. The summed E-state index contributed by atoms with van der Waals surface area (Å²) < 4.78 is 30.7. The Morgan fingerprint density at radius 3 is 1.24 bits per heavy atom. The summed E-state index contributed by atoms with van der Waals surface area (Å²) in [5.41, 5.74) is 0. The van der Waals surface area contributed by atoms with Crippen molar-refractivity contribution in [2.75, 3.05) is 40.9 Å². The third kappa shape index (κ3) is 57.9. The summed E-state index contributed by atoms with van der Waals surface area (Å²) in [6.07, 6.45) is 75.8. The first-order valence-electron chi connectivity index (χ1n) is 32.4. The summed E-state index contributed by atoms with van der Waals surface area (Å²) >= 11 is 0. The van der Waals surface area contributed by atoms with Gasteiger partial charge in [0.1, 0.15) is 19.3 Å². The zero-order valence-corrected chi connectivity index (χ0v) is 52.5. The number of hydrogen-bond donors (Lipinski definition) is 2. The second-order valence-electron chi connectivity index (χ2n) is 22.9. The van der Waals surface area contributed by atoms with Gasteiger partial charge in [-0.15, -0.1) is 0 Å². The monoisotopic (exact) mass is 1110 g/mol. The third-order valence-corrected chi connectivity index (χ3v) is 15.1. The standard InChI is InChI=1S/C68H123N2O7P/c1-7-10-13-16-19-22-25-28-30-32-34-35-37-39-41-43-46-49-52-55-58-61-68(72)77-66(59-56-53-50-47-44-27-24-21-18-15-12-9-3)65(64-76-78(73,74)75-63-62-70(4,5)6)69-67(71)60-57-54-51-48-45-42-40-38-36-33-31-29-26-23-20-17-14-11-8-2/h10,13,19,22,28-31,34-35,39,41,56,59,65-66H,7-9,11-12,14-18,20-21,23-27,32-33,36-38,40,42-55,57-58,60-64H2,1-6H3,(H-,69,71,73,74)/p+1/b13-10-,22-19-,30-28-,31-29+,35-34-,41-39-,59-56+. The van der Waals surface area contributed by atoms with Crippen molar-refractivity contribution in [1.29, 1.82) is 0 Å². The Morgan fingerprint density at radius 1 is 0.462 bits per heavy atom. The molecule has 0 bridgehead atoms. The summed E-state index contributed by atoms with van der Waals surface area (Å²) in [6.45, 7) is 6.89. The molecule has 0 aromatic heterocycles. The topological polar surface area (TPSA) is 111 Å². The molecule has 0 radical (unpaired) electrons. The van der Waals surface area contributed by atoms with E-state index < -0.39 is 20.0 Å². The molecule has 0 aromatic carbocycles. The van der Waals surface area contributed by atoms with Crippen molar-refractivity contribution in [3.05, 3.63) is 85.1 Å². The lowest BCUT2D eigenvalue weighted by Crippen LogP contribution is -2.47.